The molecule has 3 aromatic rings. The van der Waals surface area contributed by atoms with Gasteiger partial charge in [-0.2, -0.15) is 9.78 Å². The Morgan fingerprint density at radius 2 is 1.63 bits per heavy atom. The van der Waals surface area contributed by atoms with E-state index in [4.69, 9.17) is 31.9 Å². The normalized spacial score (nSPS) is 19.3. The molecule has 6 rings (SSSR count). The summed E-state index contributed by atoms with van der Waals surface area (Å²) in [5.41, 5.74) is 9.43. The molecular formula is C36H55ClN8O4. The first-order valence-corrected chi connectivity index (χ1v) is 18.0. The molecule has 270 valence electrons. The molecule has 2 aliphatic heterocycles. The van der Waals surface area contributed by atoms with Crippen molar-refractivity contribution in [2.24, 2.45) is 5.41 Å². The standard InChI is InChI=1S/C34H49ClN8O4.C2H6/c1-10-21-16-37-11-12-41(21)29-24(20(3)42(39-29)22-14-34(15-22)17-40(18-34)30(44)46-32(4,5)6)26-25-23(13-19(2)27(26)35)43(38-28(25)36)31(45)47-33(7,8)9;1-2/h13,21-22,37H,10-12,14-18H2,1-9H3,(H2,36,38);1-2H3. The van der Waals surface area contributed by atoms with Gasteiger partial charge in [-0.1, -0.05) is 32.4 Å². The van der Waals surface area contributed by atoms with Crippen molar-refractivity contribution in [3.05, 3.63) is 22.3 Å². The highest BCUT2D eigenvalue weighted by Gasteiger charge is 2.55. The van der Waals surface area contributed by atoms with Gasteiger partial charge in [-0.3, -0.25) is 4.68 Å². The second-order valence-electron chi connectivity index (χ2n) is 15.6. The summed E-state index contributed by atoms with van der Waals surface area (Å²) in [5, 5.41) is 14.5. The van der Waals surface area contributed by atoms with Gasteiger partial charge in [0.15, 0.2) is 11.6 Å². The van der Waals surface area contributed by atoms with Crippen LogP contribution in [-0.2, 0) is 9.47 Å². The molecule has 1 unspecified atom stereocenters. The van der Waals surface area contributed by atoms with Crippen LogP contribution in [0.15, 0.2) is 6.07 Å². The van der Waals surface area contributed by atoms with E-state index in [1.165, 1.54) is 4.68 Å². The summed E-state index contributed by atoms with van der Waals surface area (Å²) in [6.45, 7) is 25.2. The molecule has 0 bridgehead atoms. The second-order valence-corrected chi connectivity index (χ2v) is 16.0. The summed E-state index contributed by atoms with van der Waals surface area (Å²) < 4.78 is 14.7. The number of carbonyl (C=O) groups excluding carboxylic acids is 2. The van der Waals surface area contributed by atoms with Crippen molar-refractivity contribution in [3.63, 3.8) is 0 Å². The van der Waals surface area contributed by atoms with E-state index in [0.717, 1.165) is 67.1 Å². The monoisotopic (exact) mass is 698 g/mol. The first-order valence-electron chi connectivity index (χ1n) is 17.7. The lowest BCUT2D eigenvalue weighted by molar-refractivity contribution is -0.0930. The molecular weight excluding hydrogens is 644 g/mol. The van der Waals surface area contributed by atoms with Crippen LogP contribution in [0.4, 0.5) is 21.2 Å². The predicted octanol–water partition coefficient (Wildman–Crippen LogP) is 7.32. The fourth-order valence-corrected chi connectivity index (χ4v) is 7.68. The summed E-state index contributed by atoms with van der Waals surface area (Å²) in [6.07, 6.45) is 1.93. The molecule has 1 atom stereocenters. The fraction of sp³-hybridized carbons (Fsp3) is 0.667. The van der Waals surface area contributed by atoms with Crippen LogP contribution in [-0.4, -0.2) is 86.6 Å². The van der Waals surface area contributed by atoms with E-state index in [1.54, 1.807) is 4.90 Å². The van der Waals surface area contributed by atoms with Crippen LogP contribution in [0.2, 0.25) is 5.02 Å². The van der Waals surface area contributed by atoms with E-state index in [9.17, 15) is 9.59 Å². The number of aryl methyl sites for hydroxylation is 1. The minimum Gasteiger partial charge on any atom is -0.444 e. The van der Waals surface area contributed by atoms with Crippen LogP contribution in [0.25, 0.3) is 22.0 Å². The van der Waals surface area contributed by atoms with Gasteiger partial charge in [-0.25, -0.2) is 9.59 Å². The van der Waals surface area contributed by atoms with Crippen molar-refractivity contribution in [1.82, 2.24) is 29.8 Å². The largest absolute Gasteiger partial charge is 0.444 e. The number of ether oxygens (including phenoxy) is 2. The van der Waals surface area contributed by atoms with Gasteiger partial charge < -0.3 is 30.3 Å². The maximum absolute atomic E-state index is 13.3. The van der Waals surface area contributed by atoms with Gasteiger partial charge in [0.05, 0.1) is 22.0 Å². The number of fused-ring (bicyclic) bond motifs is 1. The Morgan fingerprint density at radius 3 is 2.22 bits per heavy atom. The lowest BCUT2D eigenvalue weighted by Crippen LogP contribution is -2.64. The second kappa shape index (κ2) is 13.3. The van der Waals surface area contributed by atoms with Gasteiger partial charge in [0.1, 0.15) is 11.2 Å². The minimum absolute atomic E-state index is 0.0779. The maximum atomic E-state index is 13.3. The third-order valence-corrected chi connectivity index (χ3v) is 10.0. The van der Waals surface area contributed by atoms with Gasteiger partial charge in [-0.15, -0.1) is 5.10 Å². The quantitative estimate of drug-likeness (QED) is 0.288. The number of aromatic nitrogens is 4. The van der Waals surface area contributed by atoms with Crippen molar-refractivity contribution in [1.29, 1.82) is 0 Å². The SMILES string of the molecule is CC.CCC1CNCCN1c1nn(C2CC3(C2)CN(C(=O)OC(C)(C)C)C3)c(C)c1-c1c(Cl)c(C)cc2c1c(N)nn2C(=O)OC(C)(C)C. The Bertz CT molecular complexity index is 1720. The van der Waals surface area contributed by atoms with E-state index in [0.29, 0.717) is 29.0 Å². The predicted molar refractivity (Wildman–Crippen MR) is 196 cm³/mol. The summed E-state index contributed by atoms with van der Waals surface area (Å²) in [5.74, 6) is 1.06. The Labute approximate surface area is 295 Å². The van der Waals surface area contributed by atoms with Gasteiger partial charge in [0, 0.05) is 61.0 Å². The third-order valence-electron chi connectivity index (χ3n) is 9.55. The Kier molecular flexibility index (Phi) is 9.99. The number of likely N-dealkylation sites (tertiary alicyclic amines) is 1. The smallest absolute Gasteiger partial charge is 0.435 e. The summed E-state index contributed by atoms with van der Waals surface area (Å²) in [6, 6.07) is 2.26. The lowest BCUT2D eigenvalue weighted by atomic mass is 9.61. The zero-order valence-corrected chi connectivity index (χ0v) is 31.9. The topological polar surface area (TPSA) is 133 Å². The van der Waals surface area contributed by atoms with Gasteiger partial charge >= 0.3 is 12.2 Å². The molecule has 12 nitrogen and oxygen atoms in total. The minimum atomic E-state index is -0.707. The van der Waals surface area contributed by atoms with Crippen LogP contribution in [0, 0.1) is 19.3 Å². The Hall–Kier alpha value is -3.51. The lowest BCUT2D eigenvalue weighted by Gasteiger charge is -2.58. The van der Waals surface area contributed by atoms with Crippen LogP contribution >= 0.6 is 11.6 Å². The van der Waals surface area contributed by atoms with Crippen molar-refractivity contribution in [2.45, 2.75) is 119 Å². The number of hydrogen-bond donors (Lipinski definition) is 2. The zero-order chi connectivity index (χ0) is 36.2. The molecule has 3 N–H and O–H groups in total. The van der Waals surface area contributed by atoms with Crippen molar-refractivity contribution in [3.8, 4) is 11.1 Å². The molecule has 3 aliphatic rings. The molecule has 1 spiro atoms. The number of carbonyl (C=O) groups is 2. The fourth-order valence-electron chi connectivity index (χ4n) is 7.44. The summed E-state index contributed by atoms with van der Waals surface area (Å²) in [4.78, 5) is 30.1. The van der Waals surface area contributed by atoms with E-state index < -0.39 is 17.3 Å². The molecule has 4 heterocycles. The van der Waals surface area contributed by atoms with Crippen LogP contribution < -0.4 is 16.0 Å². The number of benzene rings is 1. The number of nitrogens with one attached hydrogen (secondary N) is 1. The van der Waals surface area contributed by atoms with E-state index >= 15 is 0 Å². The zero-order valence-electron chi connectivity index (χ0n) is 31.2. The van der Waals surface area contributed by atoms with Crippen LogP contribution in [0.5, 0.6) is 0 Å². The molecule has 3 fully saturated rings. The number of hydrogen-bond acceptors (Lipinski definition) is 9. The number of amides is 1. The van der Waals surface area contributed by atoms with Gasteiger partial charge in [0.25, 0.3) is 0 Å². The van der Waals surface area contributed by atoms with Crippen molar-refractivity contribution >= 4 is 46.3 Å². The molecule has 13 heteroatoms. The average Bonchev–Trinajstić information content (AvgIpc) is 3.48. The highest BCUT2D eigenvalue weighted by Crippen LogP contribution is 2.56. The highest BCUT2D eigenvalue weighted by molar-refractivity contribution is 6.36. The summed E-state index contributed by atoms with van der Waals surface area (Å²) in [7, 11) is 0. The van der Waals surface area contributed by atoms with Crippen molar-refractivity contribution in [2.75, 3.05) is 43.4 Å². The molecule has 2 aromatic heterocycles. The number of nitrogens with two attached hydrogens (primary N) is 1. The number of anilines is 2. The maximum Gasteiger partial charge on any atom is 0.435 e. The summed E-state index contributed by atoms with van der Waals surface area (Å²) >= 11 is 7.21. The molecule has 0 radical (unpaired) electrons. The van der Waals surface area contributed by atoms with E-state index in [-0.39, 0.29) is 29.4 Å². The molecule has 1 saturated carbocycles. The van der Waals surface area contributed by atoms with Gasteiger partial charge in [0.2, 0.25) is 0 Å². The first kappa shape index (κ1) is 36.8. The first-order chi connectivity index (χ1) is 22.9. The molecule has 1 aromatic carbocycles. The van der Waals surface area contributed by atoms with Crippen molar-refractivity contribution < 1.29 is 19.1 Å². The highest BCUT2D eigenvalue weighted by atomic mass is 35.5. The number of piperazine rings is 1. The third kappa shape index (κ3) is 6.95. The van der Waals surface area contributed by atoms with Crippen LogP contribution in [0.1, 0.15) is 98.9 Å². The number of nitrogens with zero attached hydrogens (tertiary/aromatic N) is 6. The van der Waals surface area contributed by atoms with E-state index in [1.807, 2.05) is 68.4 Å². The number of nitrogen functional groups attached to an aromatic ring is 1. The number of halogens is 1. The Balaban J connectivity index is 0.00000230. The Morgan fingerprint density at radius 1 is 1.02 bits per heavy atom. The molecule has 2 saturated heterocycles. The van der Waals surface area contributed by atoms with Gasteiger partial charge in [-0.05, 0) is 86.3 Å². The molecule has 1 aliphatic carbocycles. The molecule has 1 amide bonds. The average molecular weight is 699 g/mol. The number of rotatable bonds is 4. The van der Waals surface area contributed by atoms with Crippen LogP contribution in [0.3, 0.4) is 0 Å². The molecule has 49 heavy (non-hydrogen) atoms. The van der Waals surface area contributed by atoms with E-state index in [2.05, 4.69) is 33.8 Å².